The lowest BCUT2D eigenvalue weighted by atomic mass is 9.78. The van der Waals surface area contributed by atoms with Crippen molar-refractivity contribution in [3.05, 3.63) is 326 Å². The fourth-order valence-corrected chi connectivity index (χ4v) is 18.9. The van der Waals surface area contributed by atoms with Gasteiger partial charge in [0.25, 0.3) is 0 Å². The van der Waals surface area contributed by atoms with E-state index in [2.05, 4.69) is 236 Å². The van der Waals surface area contributed by atoms with Crippen molar-refractivity contribution in [2.75, 3.05) is 33.5 Å². The Bertz CT molecular complexity index is 5160. The van der Waals surface area contributed by atoms with Crippen LogP contribution in [0.15, 0.2) is 243 Å². The molecule has 5 aliphatic rings. The van der Waals surface area contributed by atoms with E-state index in [0.717, 1.165) is 189 Å². The number of benzene rings is 10. The van der Waals surface area contributed by atoms with Gasteiger partial charge in [0, 0.05) is 55.6 Å². The third-order valence-corrected chi connectivity index (χ3v) is 27.9. The standard InChI is InChI=1S/C27H34O.C26H32O.C25H30O.C24H28O.C23H26O/c1-3-5-6-21-28-27-19-13-24(14-20-27)8-7-23-11-17-26(18-12-23)25-15-9-22(4-2)10-16-25;1-3-5-20-27-26-18-12-23(13-19-26)7-6-22-10-16-25(17-11-22)24-14-8-21(4-2)9-15-24;1-3-19-26-25-17-11-22(12-18-25)6-5-21-9-15-24(16-10-21)23-13-7-20(4-2)8-14-23;1-3-19-7-13-22(14-8-19)23-15-9-20(10-16-23)5-6-21-11-17-24(18-12-21)25-4-2;1-3-18-6-12-21(13-7-18)22-14-8-19(9-15-22)4-5-20-10-16-23(24-2)17-11-20/h11-14,17-20,22,25H,3-6,9-10,15-16,21H2,1-2H3;10-13,16-19,21,24H,3-5,8-9,14-15,20H2,1-2H3;9-12,15-18,20,23H,3-4,7-8,13-14,19H2,1-2H3;9-12,15-19,22H,3-4,7-8,13-14H2,1-2H3;8-11,14-18,21H,3,6-7,12-13H2,1-2H3/t22-,25-;21-,24-;20-,23-;19-,22-;18-,21-. The van der Waals surface area contributed by atoms with E-state index in [4.69, 9.17) is 23.7 Å². The second kappa shape index (κ2) is 56.6. The van der Waals surface area contributed by atoms with Crippen molar-refractivity contribution in [1.29, 1.82) is 0 Å². The lowest BCUT2D eigenvalue weighted by Crippen LogP contribution is -2.12. The van der Waals surface area contributed by atoms with E-state index >= 15 is 0 Å². The maximum Gasteiger partial charge on any atom is 0.119 e. The molecule has 0 atom stereocenters. The van der Waals surface area contributed by atoms with Crippen molar-refractivity contribution in [3.8, 4) is 88.0 Å². The summed E-state index contributed by atoms with van der Waals surface area (Å²) in [5.74, 6) is 45.7. The van der Waals surface area contributed by atoms with Gasteiger partial charge in [-0.3, -0.25) is 0 Å². The molecule has 0 N–H and O–H groups in total. The van der Waals surface area contributed by atoms with Crippen LogP contribution >= 0.6 is 0 Å². The summed E-state index contributed by atoms with van der Waals surface area (Å²) in [7, 11) is 1.68. The molecule has 130 heavy (non-hydrogen) atoms. The molecule has 0 amide bonds. The van der Waals surface area contributed by atoms with Crippen LogP contribution in [-0.2, 0) is 0 Å². The van der Waals surface area contributed by atoms with E-state index < -0.39 is 0 Å². The maximum atomic E-state index is 5.76. The molecule has 0 saturated heterocycles. The summed E-state index contributed by atoms with van der Waals surface area (Å²) in [5, 5.41) is 0. The van der Waals surface area contributed by atoms with Gasteiger partial charge in [0.15, 0.2) is 0 Å². The van der Waals surface area contributed by atoms with E-state index in [0.29, 0.717) is 6.61 Å². The fraction of sp³-hybridized carbons (Fsp3) is 0.440. The molecule has 0 aliphatic heterocycles. The molecule has 0 heterocycles. The van der Waals surface area contributed by atoms with Crippen LogP contribution in [0.25, 0.3) is 0 Å². The SMILES string of the molecule is CCCCCOc1ccc(C#Cc2ccc([C@H]3CC[C@H](CC)CC3)cc2)cc1.CCCCOc1ccc(C#Cc2ccc([C@H]3CC[C@H](CC)CC3)cc2)cc1.CCCOc1ccc(C#Cc2ccc([C@H]3CC[C@H](CC)CC3)cc2)cc1.CCOc1ccc(C#Cc2ccc([C@H]3CC[C@H](CC)CC3)cc2)cc1.CC[C@H]1CC[C@H](c2ccc(C#Cc3ccc(OC)cc3)cc2)CC1. The fourth-order valence-electron chi connectivity index (χ4n) is 18.9. The van der Waals surface area contributed by atoms with Gasteiger partial charge in [-0.1, -0.05) is 227 Å². The molecular formula is C125H150O5. The minimum atomic E-state index is 0.692. The number of unbranched alkanes of at least 4 members (excludes halogenated alkanes) is 3. The van der Waals surface area contributed by atoms with Crippen molar-refractivity contribution >= 4 is 0 Å². The van der Waals surface area contributed by atoms with Crippen LogP contribution in [0.4, 0.5) is 0 Å². The van der Waals surface area contributed by atoms with Crippen LogP contribution in [0.5, 0.6) is 28.7 Å². The Morgan fingerprint density at radius 2 is 0.377 bits per heavy atom. The molecule has 0 spiro atoms. The second-order valence-corrected chi connectivity index (χ2v) is 36.9. The predicted octanol–water partition coefficient (Wildman–Crippen LogP) is 32.8. The van der Waals surface area contributed by atoms with Gasteiger partial charge >= 0.3 is 0 Å². The number of methoxy groups -OCH3 is 1. The molecule has 5 aliphatic carbocycles. The predicted molar refractivity (Wildman–Crippen MR) is 548 cm³/mol. The normalized spacial score (nSPS) is 19.5. The second-order valence-electron chi connectivity index (χ2n) is 36.9. The molecule has 5 heteroatoms. The summed E-state index contributed by atoms with van der Waals surface area (Å²) in [5.41, 5.74) is 18.0. The lowest BCUT2D eigenvalue weighted by molar-refractivity contribution is 0.306. The van der Waals surface area contributed by atoms with Crippen molar-refractivity contribution < 1.29 is 23.7 Å². The van der Waals surface area contributed by atoms with Crippen LogP contribution in [0.1, 0.15) is 374 Å². The molecule has 15 rings (SSSR count). The Morgan fingerprint density at radius 3 is 0.562 bits per heavy atom. The third-order valence-electron chi connectivity index (χ3n) is 27.9. The van der Waals surface area contributed by atoms with Crippen molar-refractivity contribution in [2.45, 2.75) is 291 Å². The highest BCUT2D eigenvalue weighted by molar-refractivity contribution is 5.51. The number of rotatable bonds is 25. The van der Waals surface area contributed by atoms with Gasteiger partial charge in [0.05, 0.1) is 33.5 Å². The number of hydrogen-bond donors (Lipinski definition) is 0. The molecule has 10 aromatic rings. The average Bonchev–Trinajstić information content (AvgIpc) is 0.864. The van der Waals surface area contributed by atoms with Crippen molar-refractivity contribution in [1.82, 2.24) is 0 Å². The molecule has 0 unspecified atom stereocenters. The summed E-state index contributed by atoms with van der Waals surface area (Å²) in [6.45, 7) is 23.1. The van der Waals surface area contributed by atoms with Gasteiger partial charge in [-0.05, 0) is 424 Å². The van der Waals surface area contributed by atoms with Crippen molar-refractivity contribution in [3.63, 3.8) is 0 Å². The Hall–Kier alpha value is -11.0. The zero-order valence-electron chi connectivity index (χ0n) is 80.7. The Labute approximate surface area is 786 Å². The largest absolute Gasteiger partial charge is 0.497 e. The first-order valence-corrected chi connectivity index (χ1v) is 50.6. The van der Waals surface area contributed by atoms with Crippen LogP contribution in [0, 0.1) is 88.8 Å². The van der Waals surface area contributed by atoms with E-state index in [1.165, 1.54) is 201 Å². The van der Waals surface area contributed by atoms with E-state index in [1.54, 1.807) is 7.11 Å². The van der Waals surface area contributed by atoms with Crippen LogP contribution in [-0.4, -0.2) is 33.5 Å². The summed E-state index contributed by atoms with van der Waals surface area (Å²) in [4.78, 5) is 0. The van der Waals surface area contributed by atoms with Crippen LogP contribution < -0.4 is 23.7 Å². The van der Waals surface area contributed by atoms with Gasteiger partial charge in [0.1, 0.15) is 28.7 Å². The van der Waals surface area contributed by atoms with E-state index in [-0.39, 0.29) is 0 Å². The lowest BCUT2D eigenvalue weighted by Gasteiger charge is -2.28. The molecular weight excluding hydrogens is 1580 g/mol. The Balaban J connectivity index is 0.000000157. The van der Waals surface area contributed by atoms with Gasteiger partial charge in [-0.15, -0.1) is 0 Å². The molecule has 0 radical (unpaired) electrons. The first-order chi connectivity index (χ1) is 63.9. The van der Waals surface area contributed by atoms with E-state index in [1.807, 2.05) is 128 Å². The highest BCUT2D eigenvalue weighted by Crippen LogP contribution is 2.42. The number of ether oxygens (including phenoxy) is 5. The quantitative estimate of drug-likeness (QED) is 0.0421. The summed E-state index contributed by atoms with van der Waals surface area (Å²) in [6.07, 6.45) is 40.9. The molecule has 5 nitrogen and oxygen atoms in total. The van der Waals surface area contributed by atoms with E-state index in [9.17, 15) is 0 Å². The summed E-state index contributed by atoms with van der Waals surface area (Å²) < 4.78 is 27.7. The Morgan fingerprint density at radius 1 is 0.192 bits per heavy atom. The number of hydrogen-bond acceptors (Lipinski definition) is 5. The van der Waals surface area contributed by atoms with Crippen LogP contribution in [0.2, 0.25) is 0 Å². The Kier molecular flexibility index (Phi) is 43.3. The molecule has 5 saturated carbocycles. The van der Waals surface area contributed by atoms with Crippen molar-refractivity contribution in [2.24, 2.45) is 29.6 Å². The molecule has 5 fully saturated rings. The minimum absolute atomic E-state index is 0.692. The summed E-state index contributed by atoms with van der Waals surface area (Å²) >= 11 is 0. The third kappa shape index (κ3) is 34.4. The van der Waals surface area contributed by atoms with Crippen LogP contribution in [0.3, 0.4) is 0 Å². The monoisotopic (exact) mass is 1730 g/mol. The first-order valence-electron chi connectivity index (χ1n) is 50.6. The molecule has 0 aromatic heterocycles. The zero-order valence-corrected chi connectivity index (χ0v) is 80.7. The topological polar surface area (TPSA) is 46.2 Å². The first kappa shape index (κ1) is 99.6. The molecule has 0 bridgehead atoms. The highest BCUT2D eigenvalue weighted by atomic mass is 16.5. The average molecular weight is 1730 g/mol. The van der Waals surface area contributed by atoms with Gasteiger partial charge < -0.3 is 23.7 Å². The maximum absolute atomic E-state index is 5.76. The molecule has 680 valence electrons. The van der Waals surface area contributed by atoms with Gasteiger partial charge in [-0.2, -0.15) is 0 Å². The van der Waals surface area contributed by atoms with Gasteiger partial charge in [-0.25, -0.2) is 0 Å². The van der Waals surface area contributed by atoms with Gasteiger partial charge in [0.2, 0.25) is 0 Å². The highest BCUT2D eigenvalue weighted by Gasteiger charge is 2.26. The zero-order chi connectivity index (χ0) is 91.0. The molecule has 10 aromatic carbocycles. The summed E-state index contributed by atoms with van der Waals surface area (Å²) in [6, 6.07) is 84.6. The smallest absolute Gasteiger partial charge is 0.119 e. The minimum Gasteiger partial charge on any atom is -0.497 e.